The van der Waals surface area contributed by atoms with E-state index < -0.39 is 0 Å². The van der Waals surface area contributed by atoms with Gasteiger partial charge < -0.3 is 15.2 Å². The van der Waals surface area contributed by atoms with E-state index in [1.54, 1.807) is 12.4 Å². The van der Waals surface area contributed by atoms with Gasteiger partial charge in [-0.05, 0) is 30.9 Å². The summed E-state index contributed by atoms with van der Waals surface area (Å²) in [7, 11) is 0. The van der Waals surface area contributed by atoms with Crippen molar-refractivity contribution in [2.45, 2.75) is 32.2 Å². The van der Waals surface area contributed by atoms with Crippen LogP contribution in [0, 0.1) is 0 Å². The second-order valence-electron chi connectivity index (χ2n) is 6.68. The highest BCUT2D eigenvalue weighted by Crippen LogP contribution is 2.23. The second-order valence-corrected chi connectivity index (χ2v) is 6.68. The van der Waals surface area contributed by atoms with Crippen molar-refractivity contribution < 1.29 is 4.79 Å². The van der Waals surface area contributed by atoms with Gasteiger partial charge in [-0.1, -0.05) is 25.1 Å². The van der Waals surface area contributed by atoms with Crippen molar-refractivity contribution in [3.05, 3.63) is 54.0 Å². The van der Waals surface area contributed by atoms with E-state index >= 15 is 0 Å². The summed E-state index contributed by atoms with van der Waals surface area (Å²) in [4.78, 5) is 26.8. The average Bonchev–Trinajstić information content (AvgIpc) is 3.13. The number of para-hydroxylation sites is 1. The van der Waals surface area contributed by atoms with E-state index in [2.05, 4.69) is 38.2 Å². The van der Waals surface area contributed by atoms with Crippen molar-refractivity contribution >= 4 is 22.8 Å². The summed E-state index contributed by atoms with van der Waals surface area (Å²) >= 11 is 0. The molecular weight excluding hydrogens is 326 g/mol. The fraction of sp³-hybridized carbons (Fsp3) is 0.350. The molecule has 0 atom stereocenters. The van der Waals surface area contributed by atoms with E-state index in [0.717, 1.165) is 54.8 Å². The molecule has 134 valence electrons. The van der Waals surface area contributed by atoms with Gasteiger partial charge >= 0.3 is 0 Å². The Kier molecular flexibility index (Phi) is 4.56. The Morgan fingerprint density at radius 2 is 2.00 bits per heavy atom. The van der Waals surface area contributed by atoms with E-state index in [4.69, 9.17) is 0 Å². The number of aromatic nitrogens is 3. The number of rotatable bonds is 4. The van der Waals surface area contributed by atoms with Gasteiger partial charge in [0.05, 0.1) is 5.56 Å². The molecule has 4 rings (SSSR count). The van der Waals surface area contributed by atoms with Crippen LogP contribution in [0.2, 0.25) is 0 Å². The van der Waals surface area contributed by atoms with E-state index in [-0.39, 0.29) is 11.9 Å². The molecule has 3 aromatic rings. The van der Waals surface area contributed by atoms with E-state index in [0.29, 0.717) is 0 Å². The first kappa shape index (κ1) is 16.6. The maximum atomic E-state index is 12.8. The molecule has 1 amide bonds. The minimum atomic E-state index is -0.00101. The molecule has 1 aliphatic heterocycles. The summed E-state index contributed by atoms with van der Waals surface area (Å²) in [6.45, 7) is 3.82. The molecule has 2 N–H and O–H groups in total. The number of aromatic amines is 1. The van der Waals surface area contributed by atoms with Crippen LogP contribution in [0.4, 0.5) is 5.95 Å². The molecule has 26 heavy (non-hydrogen) atoms. The molecule has 0 bridgehead atoms. The highest BCUT2D eigenvalue weighted by atomic mass is 16.1. The molecular formula is C20H23N5O. The number of aryl methyl sites for hydroxylation is 1. The normalized spacial score (nSPS) is 15.3. The van der Waals surface area contributed by atoms with Gasteiger partial charge in [0.1, 0.15) is 0 Å². The van der Waals surface area contributed by atoms with Crippen LogP contribution < -0.4 is 10.2 Å². The van der Waals surface area contributed by atoms with Crippen molar-refractivity contribution in [3.8, 4) is 0 Å². The zero-order valence-corrected chi connectivity index (χ0v) is 14.9. The number of fused-ring (bicyclic) bond motifs is 1. The summed E-state index contributed by atoms with van der Waals surface area (Å²) in [5.74, 6) is 0.764. The molecule has 1 aliphatic rings. The molecule has 2 aromatic heterocycles. The number of hydrogen-bond donors (Lipinski definition) is 2. The van der Waals surface area contributed by atoms with E-state index in [1.165, 1.54) is 5.56 Å². The number of hydrogen-bond acceptors (Lipinski definition) is 4. The smallest absolute Gasteiger partial charge is 0.253 e. The van der Waals surface area contributed by atoms with Crippen LogP contribution in [0.3, 0.4) is 0 Å². The van der Waals surface area contributed by atoms with Crippen LogP contribution in [-0.4, -0.2) is 40.0 Å². The quantitative estimate of drug-likeness (QED) is 0.759. The number of H-pyrrole nitrogens is 1. The van der Waals surface area contributed by atoms with Crippen molar-refractivity contribution in [2.75, 3.05) is 18.0 Å². The molecule has 6 heteroatoms. The number of benzene rings is 1. The third-order valence-electron chi connectivity index (χ3n) is 5.09. The lowest BCUT2D eigenvalue weighted by Crippen LogP contribution is -2.45. The van der Waals surface area contributed by atoms with Crippen LogP contribution in [0.25, 0.3) is 10.9 Å². The largest absolute Gasteiger partial charge is 0.360 e. The number of piperidine rings is 1. The van der Waals surface area contributed by atoms with Gasteiger partial charge in [0, 0.05) is 48.6 Å². The van der Waals surface area contributed by atoms with E-state index in [1.807, 2.05) is 24.4 Å². The average molecular weight is 349 g/mol. The predicted molar refractivity (Wildman–Crippen MR) is 102 cm³/mol. The van der Waals surface area contributed by atoms with Gasteiger partial charge in [0.25, 0.3) is 5.91 Å². The van der Waals surface area contributed by atoms with Gasteiger partial charge in [-0.3, -0.25) is 4.79 Å². The molecule has 1 fully saturated rings. The first-order valence-corrected chi connectivity index (χ1v) is 9.18. The highest BCUT2D eigenvalue weighted by Gasteiger charge is 2.23. The number of nitrogens with zero attached hydrogens (tertiary/aromatic N) is 3. The predicted octanol–water partition coefficient (Wildman–Crippen LogP) is 2.92. The molecule has 6 nitrogen and oxygen atoms in total. The van der Waals surface area contributed by atoms with Crippen LogP contribution in [0.5, 0.6) is 0 Å². The summed E-state index contributed by atoms with van der Waals surface area (Å²) in [6.07, 6.45) is 8.08. The van der Waals surface area contributed by atoms with Crippen molar-refractivity contribution in [1.29, 1.82) is 0 Å². The number of carbonyl (C=O) groups is 1. The lowest BCUT2D eigenvalue weighted by molar-refractivity contribution is 0.0933. The molecule has 0 spiro atoms. The molecule has 0 aliphatic carbocycles. The Morgan fingerprint density at radius 3 is 2.73 bits per heavy atom. The van der Waals surface area contributed by atoms with Gasteiger partial charge in [-0.2, -0.15) is 0 Å². The Bertz CT molecular complexity index is 897. The molecule has 1 saturated heterocycles. The number of carbonyl (C=O) groups excluding carboxylic acids is 1. The Hall–Kier alpha value is -2.89. The third-order valence-corrected chi connectivity index (χ3v) is 5.09. The number of nitrogens with one attached hydrogen (secondary N) is 2. The maximum Gasteiger partial charge on any atom is 0.253 e. The summed E-state index contributed by atoms with van der Waals surface area (Å²) in [6, 6.07) is 8.13. The van der Waals surface area contributed by atoms with Crippen LogP contribution in [0.1, 0.15) is 35.7 Å². The van der Waals surface area contributed by atoms with Gasteiger partial charge in [0.15, 0.2) is 0 Å². The maximum absolute atomic E-state index is 12.8. The molecule has 1 aromatic carbocycles. The summed E-state index contributed by atoms with van der Waals surface area (Å²) in [5.41, 5.74) is 3.03. The summed E-state index contributed by atoms with van der Waals surface area (Å²) in [5, 5.41) is 4.19. The molecule has 0 unspecified atom stereocenters. The minimum Gasteiger partial charge on any atom is -0.360 e. The van der Waals surface area contributed by atoms with Crippen molar-refractivity contribution in [1.82, 2.24) is 20.3 Å². The molecule has 0 saturated carbocycles. The molecule has 3 heterocycles. The fourth-order valence-corrected chi connectivity index (χ4v) is 3.64. The van der Waals surface area contributed by atoms with Crippen LogP contribution in [-0.2, 0) is 6.42 Å². The zero-order chi connectivity index (χ0) is 17.9. The standard InChI is InChI=1S/C20H23N5O/c1-2-14-5-3-6-16-17(13-23-18(14)16)19(26)24-15-7-11-25(12-8-15)20-21-9-4-10-22-20/h3-6,9-10,13,15,23H,2,7-8,11-12H2,1H3,(H,24,26). The second kappa shape index (κ2) is 7.15. The fourth-order valence-electron chi connectivity index (χ4n) is 3.64. The van der Waals surface area contributed by atoms with Crippen molar-refractivity contribution in [2.24, 2.45) is 0 Å². The van der Waals surface area contributed by atoms with Crippen LogP contribution >= 0.6 is 0 Å². The Morgan fingerprint density at radius 1 is 1.23 bits per heavy atom. The number of amides is 1. The van der Waals surface area contributed by atoms with E-state index in [9.17, 15) is 4.79 Å². The minimum absolute atomic E-state index is 0.00101. The first-order valence-electron chi connectivity index (χ1n) is 9.18. The topological polar surface area (TPSA) is 73.9 Å². The SMILES string of the molecule is CCc1cccc2c(C(=O)NC3CCN(c4ncccn4)CC3)c[nH]c12. The van der Waals surface area contributed by atoms with Gasteiger partial charge in [-0.25, -0.2) is 9.97 Å². The molecule has 0 radical (unpaired) electrons. The monoisotopic (exact) mass is 349 g/mol. The summed E-state index contributed by atoms with van der Waals surface area (Å²) < 4.78 is 0. The van der Waals surface area contributed by atoms with Gasteiger partial charge in [-0.15, -0.1) is 0 Å². The van der Waals surface area contributed by atoms with Gasteiger partial charge in [0.2, 0.25) is 5.95 Å². The lowest BCUT2D eigenvalue weighted by Gasteiger charge is -2.32. The number of anilines is 1. The van der Waals surface area contributed by atoms with Crippen LogP contribution in [0.15, 0.2) is 42.9 Å². The third kappa shape index (κ3) is 3.14. The lowest BCUT2D eigenvalue weighted by atomic mass is 10.0. The van der Waals surface area contributed by atoms with Crippen molar-refractivity contribution in [3.63, 3.8) is 0 Å². The Labute approximate surface area is 152 Å². The Balaban J connectivity index is 1.42. The first-order chi connectivity index (χ1) is 12.8. The highest BCUT2D eigenvalue weighted by molar-refractivity contribution is 6.07. The zero-order valence-electron chi connectivity index (χ0n) is 14.9.